The Morgan fingerprint density at radius 2 is 2.11 bits per heavy atom. The molecule has 4 nitrogen and oxygen atoms in total. The van der Waals surface area contributed by atoms with Gasteiger partial charge >= 0.3 is 0 Å². The van der Waals surface area contributed by atoms with Crippen LogP contribution >= 0.6 is 11.3 Å². The van der Waals surface area contributed by atoms with Gasteiger partial charge in [0.05, 0.1) is 12.0 Å². The molecule has 0 saturated carbocycles. The van der Waals surface area contributed by atoms with E-state index in [1.807, 2.05) is 38.1 Å². The van der Waals surface area contributed by atoms with Crippen LogP contribution in [0.1, 0.15) is 23.5 Å². The van der Waals surface area contributed by atoms with Gasteiger partial charge < -0.3 is 10.1 Å². The van der Waals surface area contributed by atoms with Crippen LogP contribution in [0, 0.1) is 0 Å². The quantitative estimate of drug-likeness (QED) is 0.934. The average molecular weight is 276 g/mol. The van der Waals surface area contributed by atoms with Crippen LogP contribution in [-0.4, -0.2) is 24.0 Å². The molecule has 2 heterocycles. The summed E-state index contributed by atoms with van der Waals surface area (Å²) in [6.07, 6.45) is 1.74. The van der Waals surface area contributed by atoms with E-state index in [0.717, 1.165) is 10.4 Å². The maximum atomic E-state index is 11.9. The summed E-state index contributed by atoms with van der Waals surface area (Å²) in [6.45, 7) is 3.89. The number of aromatic nitrogens is 1. The van der Waals surface area contributed by atoms with Gasteiger partial charge in [-0.05, 0) is 32.0 Å². The highest BCUT2D eigenvalue weighted by molar-refractivity contribution is 7.17. The lowest BCUT2D eigenvalue weighted by Crippen LogP contribution is -2.29. The molecular formula is C14H16N2O2S. The Hall–Kier alpha value is -1.88. The monoisotopic (exact) mass is 276 g/mol. The summed E-state index contributed by atoms with van der Waals surface area (Å²) in [7, 11) is 1.58. The van der Waals surface area contributed by atoms with Crippen molar-refractivity contribution in [2.45, 2.75) is 19.9 Å². The Morgan fingerprint density at radius 1 is 1.32 bits per heavy atom. The van der Waals surface area contributed by atoms with Crippen LogP contribution in [-0.2, 0) is 0 Å². The molecule has 0 atom stereocenters. The highest BCUT2D eigenvalue weighted by Gasteiger charge is 2.11. The Morgan fingerprint density at radius 3 is 2.68 bits per heavy atom. The summed E-state index contributed by atoms with van der Waals surface area (Å²) in [5.41, 5.74) is 0.981. The Bertz CT molecular complexity index is 561. The van der Waals surface area contributed by atoms with Gasteiger partial charge in [-0.2, -0.15) is 0 Å². The Balaban J connectivity index is 2.18. The third kappa shape index (κ3) is 3.32. The van der Waals surface area contributed by atoms with E-state index >= 15 is 0 Å². The smallest absolute Gasteiger partial charge is 0.261 e. The lowest BCUT2D eigenvalue weighted by atomic mass is 10.2. The van der Waals surface area contributed by atoms with Crippen LogP contribution in [0.25, 0.3) is 10.4 Å². The molecule has 0 unspecified atom stereocenters. The largest absolute Gasteiger partial charge is 0.481 e. The van der Waals surface area contributed by atoms with Gasteiger partial charge in [-0.25, -0.2) is 4.98 Å². The van der Waals surface area contributed by atoms with Crippen molar-refractivity contribution in [2.75, 3.05) is 7.11 Å². The fourth-order valence-corrected chi connectivity index (χ4v) is 2.49. The summed E-state index contributed by atoms with van der Waals surface area (Å²) in [5, 5.41) is 2.88. The third-order valence-corrected chi connectivity index (χ3v) is 3.61. The van der Waals surface area contributed by atoms with Crippen molar-refractivity contribution in [1.82, 2.24) is 10.3 Å². The molecule has 2 rings (SSSR count). The lowest BCUT2D eigenvalue weighted by molar-refractivity contribution is 0.0947. The van der Waals surface area contributed by atoms with Gasteiger partial charge in [-0.3, -0.25) is 4.79 Å². The Labute approximate surface area is 116 Å². The molecule has 5 heteroatoms. The van der Waals surface area contributed by atoms with E-state index in [2.05, 4.69) is 10.3 Å². The van der Waals surface area contributed by atoms with E-state index in [4.69, 9.17) is 4.74 Å². The number of hydrogen-bond donors (Lipinski definition) is 1. The standard InChI is InChI=1S/C14H16N2O2S/c1-9(2)16-14(17)12-6-5-11(19-12)10-4-7-13(18-3)15-8-10/h4-9H,1-3H3,(H,16,17). The summed E-state index contributed by atoms with van der Waals surface area (Å²) in [6, 6.07) is 7.65. The van der Waals surface area contributed by atoms with Crippen LogP contribution in [0.2, 0.25) is 0 Å². The predicted octanol–water partition coefficient (Wildman–Crippen LogP) is 2.96. The second-order valence-corrected chi connectivity index (χ2v) is 5.47. The van der Waals surface area contributed by atoms with Crippen LogP contribution in [0.15, 0.2) is 30.5 Å². The fraction of sp³-hybridized carbons (Fsp3) is 0.286. The number of amides is 1. The predicted molar refractivity (Wildman–Crippen MR) is 76.7 cm³/mol. The molecule has 0 aromatic carbocycles. The molecule has 0 spiro atoms. The summed E-state index contributed by atoms with van der Waals surface area (Å²) < 4.78 is 5.02. The number of ether oxygens (including phenoxy) is 1. The summed E-state index contributed by atoms with van der Waals surface area (Å²) >= 11 is 1.46. The first-order valence-electron chi connectivity index (χ1n) is 6.01. The summed E-state index contributed by atoms with van der Waals surface area (Å²) in [5.74, 6) is 0.547. The number of thiophene rings is 1. The van der Waals surface area contributed by atoms with Gasteiger partial charge in [-0.1, -0.05) is 0 Å². The SMILES string of the molecule is COc1ccc(-c2ccc(C(=O)NC(C)C)s2)cn1. The van der Waals surface area contributed by atoms with Gasteiger partial charge in [0.2, 0.25) is 5.88 Å². The fourth-order valence-electron chi connectivity index (χ4n) is 1.60. The first-order valence-corrected chi connectivity index (χ1v) is 6.83. The highest BCUT2D eigenvalue weighted by Crippen LogP contribution is 2.28. The van der Waals surface area contributed by atoms with Gasteiger partial charge in [0, 0.05) is 28.7 Å². The first-order chi connectivity index (χ1) is 9.10. The van der Waals surface area contributed by atoms with Gasteiger partial charge in [-0.15, -0.1) is 11.3 Å². The zero-order valence-electron chi connectivity index (χ0n) is 11.1. The van der Waals surface area contributed by atoms with Gasteiger partial charge in [0.15, 0.2) is 0 Å². The van der Waals surface area contributed by atoms with Crippen LogP contribution in [0.5, 0.6) is 5.88 Å². The molecule has 2 aromatic rings. The molecule has 0 aliphatic heterocycles. The zero-order valence-corrected chi connectivity index (χ0v) is 12.0. The van der Waals surface area contributed by atoms with Gasteiger partial charge in [0.25, 0.3) is 5.91 Å². The molecule has 19 heavy (non-hydrogen) atoms. The molecular weight excluding hydrogens is 260 g/mol. The van der Waals surface area contributed by atoms with Crippen molar-refractivity contribution in [2.24, 2.45) is 0 Å². The second-order valence-electron chi connectivity index (χ2n) is 4.38. The number of carbonyl (C=O) groups is 1. The molecule has 100 valence electrons. The van der Waals surface area contributed by atoms with Crippen molar-refractivity contribution < 1.29 is 9.53 Å². The highest BCUT2D eigenvalue weighted by atomic mass is 32.1. The second kappa shape index (κ2) is 5.84. The average Bonchev–Trinajstić information content (AvgIpc) is 2.88. The molecule has 0 aliphatic rings. The van der Waals surface area contributed by atoms with Gasteiger partial charge in [0.1, 0.15) is 0 Å². The number of hydrogen-bond acceptors (Lipinski definition) is 4. The lowest BCUT2D eigenvalue weighted by Gasteiger charge is -2.05. The van der Waals surface area contributed by atoms with Crippen LogP contribution in [0.3, 0.4) is 0 Å². The van der Waals surface area contributed by atoms with Crippen molar-refractivity contribution >= 4 is 17.2 Å². The van der Waals surface area contributed by atoms with E-state index in [1.54, 1.807) is 13.3 Å². The van der Waals surface area contributed by atoms with Crippen LogP contribution < -0.4 is 10.1 Å². The van der Waals surface area contributed by atoms with E-state index in [1.165, 1.54) is 11.3 Å². The molecule has 2 aromatic heterocycles. The minimum atomic E-state index is -0.0345. The molecule has 0 bridgehead atoms. The minimum absolute atomic E-state index is 0.0345. The number of carbonyl (C=O) groups excluding carboxylic acids is 1. The number of nitrogens with zero attached hydrogens (tertiary/aromatic N) is 1. The Kier molecular flexibility index (Phi) is 4.16. The maximum Gasteiger partial charge on any atom is 0.261 e. The van der Waals surface area contributed by atoms with Crippen molar-refractivity contribution in [1.29, 1.82) is 0 Å². The van der Waals surface area contributed by atoms with Crippen molar-refractivity contribution in [3.8, 4) is 16.3 Å². The number of nitrogens with one attached hydrogen (secondary N) is 1. The molecule has 0 radical (unpaired) electrons. The molecule has 0 fully saturated rings. The third-order valence-electron chi connectivity index (χ3n) is 2.48. The molecule has 0 aliphatic carbocycles. The minimum Gasteiger partial charge on any atom is -0.481 e. The zero-order chi connectivity index (χ0) is 13.8. The van der Waals surface area contributed by atoms with Crippen molar-refractivity contribution in [3.63, 3.8) is 0 Å². The molecule has 1 N–H and O–H groups in total. The summed E-state index contributed by atoms with van der Waals surface area (Å²) in [4.78, 5) is 17.7. The van der Waals surface area contributed by atoms with E-state index in [-0.39, 0.29) is 11.9 Å². The van der Waals surface area contributed by atoms with Crippen molar-refractivity contribution in [3.05, 3.63) is 35.3 Å². The molecule has 1 amide bonds. The maximum absolute atomic E-state index is 11.9. The van der Waals surface area contributed by atoms with E-state index in [0.29, 0.717) is 10.8 Å². The van der Waals surface area contributed by atoms with Crippen LogP contribution in [0.4, 0.5) is 0 Å². The molecule has 0 saturated heterocycles. The topological polar surface area (TPSA) is 51.2 Å². The van der Waals surface area contributed by atoms with E-state index < -0.39 is 0 Å². The first kappa shape index (κ1) is 13.5. The number of methoxy groups -OCH3 is 1. The number of pyridine rings is 1. The normalized spacial score (nSPS) is 10.5. The number of rotatable bonds is 4. The van der Waals surface area contributed by atoms with E-state index in [9.17, 15) is 4.79 Å².